The van der Waals surface area contributed by atoms with Crippen molar-refractivity contribution in [2.75, 3.05) is 5.32 Å². The van der Waals surface area contributed by atoms with Crippen LogP contribution in [0.15, 0.2) is 59.0 Å². The number of carbonyl (C=O) groups is 1. The van der Waals surface area contributed by atoms with Crippen LogP contribution in [0.4, 0.5) is 9.52 Å². The summed E-state index contributed by atoms with van der Waals surface area (Å²) < 4.78 is 22.8. The Morgan fingerprint density at radius 3 is 2.62 bits per heavy atom. The van der Waals surface area contributed by atoms with Crippen LogP contribution in [0.25, 0.3) is 22.8 Å². The number of nitrogens with zero attached hydrogens (tertiary/aromatic N) is 4. The molecule has 0 spiro atoms. The maximum Gasteiger partial charge on any atom is 0.247 e. The molecule has 0 bridgehead atoms. The number of rotatable bonds is 7. The van der Waals surface area contributed by atoms with Gasteiger partial charge in [0.25, 0.3) is 0 Å². The summed E-state index contributed by atoms with van der Waals surface area (Å²) in [5, 5.41) is 11.2. The molecule has 2 heterocycles. The number of amides is 1. The van der Waals surface area contributed by atoms with Gasteiger partial charge in [-0.25, -0.2) is 4.39 Å². The van der Waals surface area contributed by atoms with Gasteiger partial charge in [-0.2, -0.15) is 9.36 Å². The van der Waals surface area contributed by atoms with E-state index < -0.39 is 0 Å². The molecular formula is C20H16FN5O2S. The van der Waals surface area contributed by atoms with Crippen molar-refractivity contribution in [3.8, 4) is 22.8 Å². The van der Waals surface area contributed by atoms with Crippen LogP contribution in [0.1, 0.15) is 18.7 Å². The molecule has 9 heteroatoms. The average Bonchev–Trinajstić information content (AvgIpc) is 3.39. The molecule has 0 aliphatic rings. The van der Waals surface area contributed by atoms with E-state index in [2.05, 4.69) is 24.9 Å². The lowest BCUT2D eigenvalue weighted by molar-refractivity contribution is -0.116. The van der Waals surface area contributed by atoms with Gasteiger partial charge in [-0.3, -0.25) is 4.79 Å². The smallest absolute Gasteiger partial charge is 0.247 e. The lowest BCUT2D eigenvalue weighted by Gasteiger charge is -1.99. The molecule has 1 amide bonds. The first-order valence-corrected chi connectivity index (χ1v) is 9.72. The highest BCUT2D eigenvalue weighted by Gasteiger charge is 2.12. The summed E-state index contributed by atoms with van der Waals surface area (Å²) in [6.45, 7) is 0. The Kier molecular flexibility index (Phi) is 5.66. The van der Waals surface area contributed by atoms with Gasteiger partial charge in [0, 0.05) is 35.5 Å². The molecular weight excluding hydrogens is 393 g/mol. The number of carbonyl (C=O) groups excluding carboxylic acids is 1. The van der Waals surface area contributed by atoms with Crippen molar-refractivity contribution in [1.82, 2.24) is 19.6 Å². The van der Waals surface area contributed by atoms with Gasteiger partial charge < -0.3 is 9.73 Å². The molecule has 0 fully saturated rings. The molecule has 1 N–H and O–H groups in total. The number of hydrogen-bond donors (Lipinski definition) is 1. The van der Waals surface area contributed by atoms with Gasteiger partial charge in [0.1, 0.15) is 5.82 Å². The van der Waals surface area contributed by atoms with Crippen LogP contribution in [0.3, 0.4) is 0 Å². The zero-order valence-electron chi connectivity index (χ0n) is 15.2. The molecule has 0 unspecified atom stereocenters. The minimum Gasteiger partial charge on any atom is -0.421 e. The Hall–Kier alpha value is -3.46. The fourth-order valence-corrected chi connectivity index (χ4v) is 3.23. The molecule has 0 aliphatic heterocycles. The van der Waals surface area contributed by atoms with E-state index in [0.717, 1.165) is 17.1 Å². The highest BCUT2D eigenvalue weighted by atomic mass is 32.1. The van der Waals surface area contributed by atoms with Crippen molar-refractivity contribution in [3.63, 3.8) is 0 Å². The van der Waals surface area contributed by atoms with E-state index in [1.54, 1.807) is 12.1 Å². The summed E-state index contributed by atoms with van der Waals surface area (Å²) in [6.07, 6.45) is 1.35. The summed E-state index contributed by atoms with van der Waals surface area (Å²) in [7, 11) is 0. The van der Waals surface area contributed by atoms with Crippen molar-refractivity contribution in [3.05, 3.63) is 66.3 Å². The Labute approximate surface area is 169 Å². The molecule has 0 atom stereocenters. The second-order valence-electron chi connectivity index (χ2n) is 6.20. The SMILES string of the molecule is O=C(CCCc1nnc(-c2ccccc2)o1)Nc1nc(-c2ccc(F)cc2)ns1. The predicted molar refractivity (Wildman–Crippen MR) is 107 cm³/mol. The first kappa shape index (κ1) is 18.9. The fraction of sp³-hybridized carbons (Fsp3) is 0.150. The van der Waals surface area contributed by atoms with E-state index in [4.69, 9.17) is 4.42 Å². The van der Waals surface area contributed by atoms with Crippen LogP contribution < -0.4 is 5.32 Å². The lowest BCUT2D eigenvalue weighted by Crippen LogP contribution is -2.11. The van der Waals surface area contributed by atoms with Crippen LogP contribution in [0.2, 0.25) is 0 Å². The average molecular weight is 409 g/mol. The van der Waals surface area contributed by atoms with Gasteiger partial charge in [-0.1, -0.05) is 18.2 Å². The van der Waals surface area contributed by atoms with Crippen molar-refractivity contribution in [2.45, 2.75) is 19.3 Å². The quantitative estimate of drug-likeness (QED) is 0.488. The minimum atomic E-state index is -0.324. The molecule has 2 aromatic carbocycles. The van der Waals surface area contributed by atoms with E-state index >= 15 is 0 Å². The molecule has 2 aromatic heterocycles. The second-order valence-corrected chi connectivity index (χ2v) is 6.95. The Bertz CT molecular complexity index is 1100. The monoisotopic (exact) mass is 409 g/mol. The molecule has 4 aromatic rings. The van der Waals surface area contributed by atoms with Crippen molar-refractivity contribution < 1.29 is 13.6 Å². The van der Waals surface area contributed by atoms with Gasteiger partial charge in [0.15, 0.2) is 5.82 Å². The number of benzene rings is 2. The molecule has 7 nitrogen and oxygen atoms in total. The topological polar surface area (TPSA) is 93.8 Å². The zero-order chi connectivity index (χ0) is 20.1. The number of aromatic nitrogens is 4. The third-order valence-corrected chi connectivity index (χ3v) is 4.69. The van der Waals surface area contributed by atoms with E-state index in [0.29, 0.717) is 41.1 Å². The van der Waals surface area contributed by atoms with Gasteiger partial charge in [0.05, 0.1) is 0 Å². The number of aryl methyl sites for hydroxylation is 1. The third-order valence-electron chi connectivity index (χ3n) is 4.06. The van der Waals surface area contributed by atoms with Crippen LogP contribution in [0.5, 0.6) is 0 Å². The summed E-state index contributed by atoms with van der Waals surface area (Å²) in [4.78, 5) is 16.4. The fourth-order valence-electron chi connectivity index (χ4n) is 2.62. The molecule has 146 valence electrons. The van der Waals surface area contributed by atoms with Gasteiger partial charge in [0.2, 0.25) is 22.8 Å². The van der Waals surface area contributed by atoms with Crippen molar-refractivity contribution in [2.24, 2.45) is 0 Å². The van der Waals surface area contributed by atoms with Gasteiger partial charge in [-0.05, 0) is 42.8 Å². The van der Waals surface area contributed by atoms with Crippen molar-refractivity contribution in [1.29, 1.82) is 0 Å². The van der Waals surface area contributed by atoms with Gasteiger partial charge in [-0.15, -0.1) is 10.2 Å². The summed E-state index contributed by atoms with van der Waals surface area (Å²) in [5.41, 5.74) is 1.55. The normalized spacial score (nSPS) is 10.8. The predicted octanol–water partition coefficient (Wildman–Crippen LogP) is 4.36. The summed E-state index contributed by atoms with van der Waals surface area (Å²) in [6, 6.07) is 15.4. The maximum atomic E-state index is 13.0. The number of anilines is 1. The highest BCUT2D eigenvalue weighted by molar-refractivity contribution is 7.10. The standard InChI is InChI=1S/C20H16FN5O2S/c21-15-11-9-13(10-12-15)18-23-20(29-26-18)22-16(27)7-4-8-17-24-25-19(28-17)14-5-2-1-3-6-14/h1-3,5-6,9-12H,4,7-8H2,(H,22,23,26,27). The van der Waals surface area contributed by atoms with E-state index in [1.807, 2.05) is 30.3 Å². The Morgan fingerprint density at radius 1 is 1.03 bits per heavy atom. The van der Waals surface area contributed by atoms with E-state index in [9.17, 15) is 9.18 Å². The molecule has 0 saturated heterocycles. The first-order valence-electron chi connectivity index (χ1n) is 8.95. The summed E-state index contributed by atoms with van der Waals surface area (Å²) >= 11 is 1.08. The number of halogens is 1. The van der Waals surface area contributed by atoms with E-state index in [-0.39, 0.29) is 18.1 Å². The van der Waals surface area contributed by atoms with Crippen LogP contribution in [-0.4, -0.2) is 25.5 Å². The van der Waals surface area contributed by atoms with E-state index in [1.165, 1.54) is 12.1 Å². The molecule has 4 rings (SSSR count). The molecule has 0 aliphatic carbocycles. The zero-order valence-corrected chi connectivity index (χ0v) is 16.0. The number of hydrogen-bond acceptors (Lipinski definition) is 7. The van der Waals surface area contributed by atoms with Crippen LogP contribution >= 0.6 is 11.5 Å². The molecule has 0 saturated carbocycles. The Balaban J connectivity index is 1.27. The highest BCUT2D eigenvalue weighted by Crippen LogP contribution is 2.22. The third kappa shape index (κ3) is 4.88. The maximum absolute atomic E-state index is 13.0. The van der Waals surface area contributed by atoms with Crippen molar-refractivity contribution >= 4 is 22.6 Å². The lowest BCUT2D eigenvalue weighted by atomic mass is 10.2. The largest absolute Gasteiger partial charge is 0.421 e. The van der Waals surface area contributed by atoms with Crippen LogP contribution in [0, 0.1) is 5.82 Å². The minimum absolute atomic E-state index is 0.172. The molecule has 29 heavy (non-hydrogen) atoms. The first-order chi connectivity index (χ1) is 14.2. The second kappa shape index (κ2) is 8.70. The van der Waals surface area contributed by atoms with Crippen LogP contribution in [-0.2, 0) is 11.2 Å². The van der Waals surface area contributed by atoms with Gasteiger partial charge >= 0.3 is 0 Å². The molecule has 0 radical (unpaired) electrons. The Morgan fingerprint density at radius 2 is 1.83 bits per heavy atom. The summed E-state index contributed by atoms with van der Waals surface area (Å²) in [5.74, 6) is 0.909. The number of nitrogens with one attached hydrogen (secondary N) is 1.